The zero-order chi connectivity index (χ0) is 16.2. The second-order valence-electron chi connectivity index (χ2n) is 5.10. The molecule has 1 atom stereocenters. The molecule has 0 saturated carbocycles. The predicted molar refractivity (Wildman–Crippen MR) is 86.7 cm³/mol. The van der Waals surface area contributed by atoms with Gasteiger partial charge in [-0.3, -0.25) is 4.79 Å². The summed E-state index contributed by atoms with van der Waals surface area (Å²) in [6, 6.07) is 4.73. The summed E-state index contributed by atoms with van der Waals surface area (Å²) in [5, 5.41) is 0.578. The molecule has 1 aromatic rings. The fourth-order valence-electron chi connectivity index (χ4n) is 2.25. The highest BCUT2D eigenvalue weighted by Crippen LogP contribution is 2.18. The topological polar surface area (TPSA) is 54.5 Å². The van der Waals surface area contributed by atoms with E-state index < -0.39 is 9.84 Å². The van der Waals surface area contributed by atoms with E-state index in [0.717, 1.165) is 5.56 Å². The lowest BCUT2D eigenvalue weighted by Gasteiger charge is -2.28. The maximum absolute atomic E-state index is 12.6. The van der Waals surface area contributed by atoms with Crippen molar-refractivity contribution in [2.75, 3.05) is 18.1 Å². The maximum atomic E-state index is 12.6. The van der Waals surface area contributed by atoms with Crippen LogP contribution in [0, 0.1) is 6.92 Å². The van der Waals surface area contributed by atoms with Crippen molar-refractivity contribution in [3.8, 4) is 0 Å². The Kier molecular flexibility index (Phi) is 6.23. The lowest BCUT2D eigenvalue weighted by Crippen LogP contribution is -2.42. The zero-order valence-corrected chi connectivity index (χ0v) is 14.5. The molecule has 21 heavy (non-hydrogen) atoms. The van der Waals surface area contributed by atoms with Crippen molar-refractivity contribution in [1.29, 1.82) is 0 Å². The van der Waals surface area contributed by atoms with Gasteiger partial charge in [0.05, 0.1) is 5.75 Å². The zero-order valence-electron chi connectivity index (χ0n) is 12.9. The minimum absolute atomic E-state index is 0.0181. The van der Waals surface area contributed by atoms with Gasteiger partial charge in [0.15, 0.2) is 9.84 Å². The van der Waals surface area contributed by atoms with E-state index in [1.807, 2.05) is 13.8 Å². The van der Waals surface area contributed by atoms with Crippen molar-refractivity contribution in [2.24, 2.45) is 0 Å². The number of carbonyl (C=O) groups is 1. The summed E-state index contributed by atoms with van der Waals surface area (Å²) in [7, 11) is -3.12. The fourth-order valence-corrected chi connectivity index (χ4v) is 3.63. The van der Waals surface area contributed by atoms with Crippen LogP contribution in [0.5, 0.6) is 0 Å². The van der Waals surface area contributed by atoms with Gasteiger partial charge in [-0.15, -0.1) is 0 Å². The molecule has 4 nitrogen and oxygen atoms in total. The molecule has 1 amide bonds. The monoisotopic (exact) mass is 331 g/mol. The summed E-state index contributed by atoms with van der Waals surface area (Å²) in [6.07, 6.45) is 0. The highest BCUT2D eigenvalue weighted by atomic mass is 35.5. The number of benzene rings is 1. The van der Waals surface area contributed by atoms with Gasteiger partial charge in [0, 0.05) is 28.9 Å². The van der Waals surface area contributed by atoms with Crippen LogP contribution in [-0.4, -0.2) is 43.3 Å². The van der Waals surface area contributed by atoms with Crippen molar-refractivity contribution >= 4 is 27.3 Å². The molecule has 0 fully saturated rings. The molecule has 0 bridgehead atoms. The largest absolute Gasteiger partial charge is 0.335 e. The van der Waals surface area contributed by atoms with E-state index in [9.17, 15) is 13.2 Å². The van der Waals surface area contributed by atoms with Crippen LogP contribution in [0.2, 0.25) is 5.02 Å². The molecule has 0 saturated heterocycles. The Balaban J connectivity index is 3.01. The van der Waals surface area contributed by atoms with Crippen LogP contribution in [0.1, 0.15) is 36.7 Å². The lowest BCUT2D eigenvalue weighted by molar-refractivity contribution is 0.0718. The van der Waals surface area contributed by atoms with Crippen LogP contribution < -0.4 is 0 Å². The first kappa shape index (κ1) is 18.0. The van der Waals surface area contributed by atoms with Gasteiger partial charge in [0.2, 0.25) is 0 Å². The minimum atomic E-state index is -3.12. The average molecular weight is 332 g/mol. The fraction of sp³-hybridized carbons (Fsp3) is 0.533. The van der Waals surface area contributed by atoms with Crippen LogP contribution in [0.25, 0.3) is 0 Å². The molecule has 0 aliphatic heterocycles. The summed E-state index contributed by atoms with van der Waals surface area (Å²) in [4.78, 5) is 14.2. The van der Waals surface area contributed by atoms with Gasteiger partial charge < -0.3 is 4.90 Å². The number of amides is 1. The molecular weight excluding hydrogens is 310 g/mol. The van der Waals surface area contributed by atoms with E-state index in [-0.39, 0.29) is 23.5 Å². The number of hydrogen-bond acceptors (Lipinski definition) is 3. The van der Waals surface area contributed by atoms with Gasteiger partial charge in [-0.05, 0) is 44.5 Å². The van der Waals surface area contributed by atoms with E-state index in [4.69, 9.17) is 11.6 Å². The molecule has 1 rings (SSSR count). The average Bonchev–Trinajstić information content (AvgIpc) is 2.38. The Bertz CT molecular complexity index is 613. The van der Waals surface area contributed by atoms with Crippen LogP contribution in [0.3, 0.4) is 0 Å². The molecule has 0 aliphatic carbocycles. The van der Waals surface area contributed by atoms with Crippen molar-refractivity contribution in [1.82, 2.24) is 4.90 Å². The molecule has 1 aromatic carbocycles. The first-order chi connectivity index (χ1) is 9.71. The lowest BCUT2D eigenvalue weighted by atomic mass is 10.1. The molecular formula is C15H22ClNO3S. The molecule has 0 radical (unpaired) electrons. The Labute approximate surface area is 132 Å². The van der Waals surface area contributed by atoms with Crippen molar-refractivity contribution in [3.63, 3.8) is 0 Å². The summed E-state index contributed by atoms with van der Waals surface area (Å²) in [5.41, 5.74) is 1.35. The third-order valence-electron chi connectivity index (χ3n) is 3.49. The van der Waals surface area contributed by atoms with E-state index in [1.165, 1.54) is 0 Å². The smallest absolute Gasteiger partial charge is 0.254 e. The number of halogens is 1. The molecule has 0 N–H and O–H groups in total. The van der Waals surface area contributed by atoms with Crippen LogP contribution in [0.15, 0.2) is 18.2 Å². The summed E-state index contributed by atoms with van der Waals surface area (Å²) in [6.45, 7) is 7.50. The second-order valence-corrected chi connectivity index (χ2v) is 7.93. The summed E-state index contributed by atoms with van der Waals surface area (Å²) < 4.78 is 23.5. The Morgan fingerprint density at radius 1 is 1.33 bits per heavy atom. The second kappa shape index (κ2) is 7.27. The van der Waals surface area contributed by atoms with E-state index in [2.05, 4.69) is 0 Å². The normalized spacial score (nSPS) is 13.0. The SMILES string of the molecule is CCN(C(=O)c1ccc(Cl)cc1C)[C@H](C)CS(=O)(=O)CC. The number of aryl methyl sites for hydroxylation is 1. The molecule has 0 heterocycles. The van der Waals surface area contributed by atoms with Gasteiger partial charge in [0.25, 0.3) is 5.91 Å². The van der Waals surface area contributed by atoms with Gasteiger partial charge in [-0.1, -0.05) is 18.5 Å². The number of hydrogen-bond donors (Lipinski definition) is 0. The molecule has 0 spiro atoms. The molecule has 0 aromatic heterocycles. The number of rotatable bonds is 6. The van der Waals surface area contributed by atoms with Gasteiger partial charge in [-0.2, -0.15) is 0 Å². The van der Waals surface area contributed by atoms with Crippen molar-refractivity contribution < 1.29 is 13.2 Å². The molecule has 0 unspecified atom stereocenters. The number of nitrogens with zero attached hydrogens (tertiary/aromatic N) is 1. The highest BCUT2D eigenvalue weighted by Gasteiger charge is 2.25. The Morgan fingerprint density at radius 3 is 2.43 bits per heavy atom. The van der Waals surface area contributed by atoms with E-state index in [1.54, 1.807) is 36.9 Å². The maximum Gasteiger partial charge on any atom is 0.254 e. The standard InChI is InChI=1S/C15H22ClNO3S/c1-5-17(12(4)10-21(19,20)6-2)15(18)14-8-7-13(16)9-11(14)3/h7-9,12H,5-6,10H2,1-4H3/t12-/m1/s1. The molecule has 118 valence electrons. The van der Waals surface area contributed by atoms with Crippen LogP contribution in [-0.2, 0) is 9.84 Å². The summed E-state index contributed by atoms with van der Waals surface area (Å²) in [5.74, 6) is -0.0934. The molecule has 6 heteroatoms. The van der Waals surface area contributed by atoms with Crippen molar-refractivity contribution in [3.05, 3.63) is 34.3 Å². The van der Waals surface area contributed by atoms with Gasteiger partial charge in [0.1, 0.15) is 0 Å². The first-order valence-corrected chi connectivity index (χ1v) is 9.19. The summed E-state index contributed by atoms with van der Waals surface area (Å²) >= 11 is 5.90. The van der Waals surface area contributed by atoms with E-state index >= 15 is 0 Å². The predicted octanol–water partition coefficient (Wildman–Crippen LogP) is 2.93. The number of carbonyl (C=O) groups excluding carboxylic acids is 1. The first-order valence-electron chi connectivity index (χ1n) is 6.99. The van der Waals surface area contributed by atoms with Crippen LogP contribution >= 0.6 is 11.6 Å². The minimum Gasteiger partial charge on any atom is -0.335 e. The third kappa shape index (κ3) is 4.71. The third-order valence-corrected chi connectivity index (χ3v) is 5.59. The van der Waals surface area contributed by atoms with E-state index in [0.29, 0.717) is 17.1 Å². The Hall–Kier alpha value is -1.07. The van der Waals surface area contributed by atoms with Crippen LogP contribution in [0.4, 0.5) is 0 Å². The van der Waals surface area contributed by atoms with Gasteiger partial charge >= 0.3 is 0 Å². The quantitative estimate of drug-likeness (QED) is 0.805. The number of sulfone groups is 1. The highest BCUT2D eigenvalue weighted by molar-refractivity contribution is 7.91. The molecule has 0 aliphatic rings. The van der Waals surface area contributed by atoms with Gasteiger partial charge in [-0.25, -0.2) is 8.42 Å². The Morgan fingerprint density at radius 2 is 1.95 bits per heavy atom. The van der Waals surface area contributed by atoms with Crippen molar-refractivity contribution in [2.45, 2.75) is 33.7 Å².